The molecule has 1 fully saturated rings. The van der Waals surface area contributed by atoms with Crippen LogP contribution in [-0.4, -0.2) is 52.1 Å². The van der Waals surface area contributed by atoms with Crippen molar-refractivity contribution in [3.63, 3.8) is 0 Å². The molecule has 3 rings (SSSR count). The lowest BCUT2D eigenvalue weighted by Gasteiger charge is -2.32. The van der Waals surface area contributed by atoms with Gasteiger partial charge in [-0.1, -0.05) is 0 Å². The Morgan fingerprint density at radius 1 is 1.42 bits per heavy atom. The molecule has 0 radical (unpaired) electrons. The SMILES string of the molecule is COc1nccc(OC2CCCN(C(=O)c3cncc(Br)c3)C2)n1. The zero-order chi connectivity index (χ0) is 16.9. The Labute approximate surface area is 148 Å². The van der Waals surface area contributed by atoms with Gasteiger partial charge >= 0.3 is 6.01 Å². The van der Waals surface area contributed by atoms with E-state index >= 15 is 0 Å². The van der Waals surface area contributed by atoms with Crippen molar-refractivity contribution in [2.24, 2.45) is 0 Å². The van der Waals surface area contributed by atoms with Gasteiger partial charge in [-0.3, -0.25) is 9.78 Å². The van der Waals surface area contributed by atoms with E-state index in [1.807, 2.05) is 0 Å². The molecule has 24 heavy (non-hydrogen) atoms. The van der Waals surface area contributed by atoms with E-state index in [-0.39, 0.29) is 18.0 Å². The van der Waals surface area contributed by atoms with Gasteiger partial charge in [0.25, 0.3) is 5.91 Å². The number of methoxy groups -OCH3 is 1. The lowest BCUT2D eigenvalue weighted by Crippen LogP contribution is -2.44. The fraction of sp³-hybridized carbons (Fsp3) is 0.375. The van der Waals surface area contributed by atoms with Crippen LogP contribution in [0.25, 0.3) is 0 Å². The van der Waals surface area contributed by atoms with Crippen molar-refractivity contribution >= 4 is 21.8 Å². The molecule has 1 amide bonds. The standard InChI is InChI=1S/C16H17BrN4O3/c1-23-16-19-5-4-14(20-16)24-13-3-2-6-21(10-13)15(22)11-7-12(17)9-18-8-11/h4-5,7-9,13H,2-3,6,10H2,1H3. The van der Waals surface area contributed by atoms with Gasteiger partial charge in [0.2, 0.25) is 5.88 Å². The van der Waals surface area contributed by atoms with Crippen molar-refractivity contribution < 1.29 is 14.3 Å². The van der Waals surface area contributed by atoms with Gasteiger partial charge in [0.1, 0.15) is 6.10 Å². The van der Waals surface area contributed by atoms with Crippen LogP contribution < -0.4 is 9.47 Å². The highest BCUT2D eigenvalue weighted by Crippen LogP contribution is 2.20. The number of pyridine rings is 1. The van der Waals surface area contributed by atoms with Gasteiger partial charge < -0.3 is 14.4 Å². The topological polar surface area (TPSA) is 77.4 Å². The summed E-state index contributed by atoms with van der Waals surface area (Å²) in [5.74, 6) is 0.405. The summed E-state index contributed by atoms with van der Waals surface area (Å²) in [5, 5.41) is 0. The highest BCUT2D eigenvalue weighted by Gasteiger charge is 2.26. The summed E-state index contributed by atoms with van der Waals surface area (Å²) < 4.78 is 11.7. The van der Waals surface area contributed by atoms with Crippen LogP contribution in [0.3, 0.4) is 0 Å². The number of hydrogen-bond acceptors (Lipinski definition) is 6. The number of nitrogens with zero attached hydrogens (tertiary/aromatic N) is 4. The van der Waals surface area contributed by atoms with Crippen LogP contribution in [0.15, 0.2) is 35.2 Å². The summed E-state index contributed by atoms with van der Waals surface area (Å²) in [5.41, 5.74) is 0.564. The minimum atomic E-state index is -0.109. The number of rotatable bonds is 4. The summed E-state index contributed by atoms with van der Waals surface area (Å²) >= 11 is 3.34. The molecular formula is C16H17BrN4O3. The number of likely N-dealkylation sites (tertiary alicyclic amines) is 1. The summed E-state index contributed by atoms with van der Waals surface area (Å²) in [6.07, 6.45) is 6.45. The van der Waals surface area contributed by atoms with Gasteiger partial charge in [-0.25, -0.2) is 4.98 Å². The number of ether oxygens (including phenoxy) is 2. The van der Waals surface area contributed by atoms with Crippen molar-refractivity contribution in [2.75, 3.05) is 20.2 Å². The number of halogens is 1. The van der Waals surface area contributed by atoms with Crippen molar-refractivity contribution in [3.05, 3.63) is 40.8 Å². The molecule has 7 nitrogen and oxygen atoms in total. The van der Waals surface area contributed by atoms with Gasteiger partial charge in [-0.05, 0) is 34.8 Å². The Morgan fingerprint density at radius 3 is 3.08 bits per heavy atom. The first-order valence-electron chi connectivity index (χ1n) is 7.59. The van der Waals surface area contributed by atoms with Crippen molar-refractivity contribution in [1.82, 2.24) is 19.9 Å². The molecule has 8 heteroatoms. The van der Waals surface area contributed by atoms with E-state index in [4.69, 9.17) is 9.47 Å². The minimum absolute atomic E-state index is 0.0441. The van der Waals surface area contributed by atoms with Gasteiger partial charge in [0.05, 0.1) is 19.2 Å². The van der Waals surface area contributed by atoms with Gasteiger partial charge in [-0.2, -0.15) is 4.98 Å². The van der Waals surface area contributed by atoms with Crippen molar-refractivity contribution in [2.45, 2.75) is 18.9 Å². The molecular weight excluding hydrogens is 376 g/mol. The van der Waals surface area contributed by atoms with Crippen LogP contribution in [0.5, 0.6) is 11.9 Å². The minimum Gasteiger partial charge on any atom is -0.472 e. The number of carbonyl (C=O) groups excluding carboxylic acids is 1. The first-order valence-corrected chi connectivity index (χ1v) is 8.38. The third kappa shape index (κ3) is 4.00. The summed E-state index contributed by atoms with van der Waals surface area (Å²) in [6, 6.07) is 3.72. The molecule has 1 unspecified atom stereocenters. The Kier molecular flexibility index (Phi) is 5.24. The maximum atomic E-state index is 12.6. The quantitative estimate of drug-likeness (QED) is 0.794. The van der Waals surface area contributed by atoms with E-state index in [0.717, 1.165) is 17.3 Å². The van der Waals surface area contributed by atoms with Crippen LogP contribution >= 0.6 is 15.9 Å². The van der Waals surface area contributed by atoms with E-state index in [2.05, 4.69) is 30.9 Å². The van der Waals surface area contributed by atoms with Crippen LogP contribution in [0.1, 0.15) is 23.2 Å². The van der Waals surface area contributed by atoms with Gasteiger partial charge in [-0.15, -0.1) is 0 Å². The van der Waals surface area contributed by atoms with Gasteiger partial charge in [0.15, 0.2) is 0 Å². The Balaban J connectivity index is 1.66. The Hall–Kier alpha value is -2.22. The first kappa shape index (κ1) is 16.6. The van der Waals surface area contributed by atoms with Crippen LogP contribution in [0.4, 0.5) is 0 Å². The lowest BCUT2D eigenvalue weighted by molar-refractivity contribution is 0.0525. The molecule has 0 bridgehead atoms. The number of piperidine rings is 1. The molecule has 2 aromatic rings. The van der Waals surface area contributed by atoms with E-state index in [1.54, 1.807) is 35.6 Å². The molecule has 0 N–H and O–H groups in total. The fourth-order valence-corrected chi connectivity index (χ4v) is 2.96. The second kappa shape index (κ2) is 7.57. The molecule has 0 aliphatic carbocycles. The second-order valence-electron chi connectivity index (χ2n) is 5.41. The predicted octanol–water partition coefficient (Wildman–Crippen LogP) is 2.33. The molecule has 1 aliphatic rings. The zero-order valence-electron chi connectivity index (χ0n) is 13.2. The molecule has 0 aromatic carbocycles. The Morgan fingerprint density at radius 2 is 2.29 bits per heavy atom. The first-order chi connectivity index (χ1) is 11.7. The fourth-order valence-electron chi connectivity index (χ4n) is 2.59. The zero-order valence-corrected chi connectivity index (χ0v) is 14.8. The van der Waals surface area contributed by atoms with Crippen LogP contribution in [0, 0.1) is 0 Å². The summed E-state index contributed by atoms with van der Waals surface area (Å²) in [7, 11) is 1.51. The molecule has 126 valence electrons. The largest absolute Gasteiger partial charge is 0.472 e. The van der Waals surface area contributed by atoms with E-state index in [9.17, 15) is 4.79 Å². The Bertz CT molecular complexity index is 728. The number of amides is 1. The monoisotopic (exact) mass is 392 g/mol. The highest BCUT2D eigenvalue weighted by atomic mass is 79.9. The number of hydrogen-bond donors (Lipinski definition) is 0. The van der Waals surface area contributed by atoms with Crippen molar-refractivity contribution in [1.29, 1.82) is 0 Å². The molecule has 2 aromatic heterocycles. The van der Waals surface area contributed by atoms with E-state index in [0.29, 0.717) is 24.5 Å². The van der Waals surface area contributed by atoms with Crippen LogP contribution in [-0.2, 0) is 0 Å². The molecule has 3 heterocycles. The summed E-state index contributed by atoms with van der Waals surface area (Å²) in [4.78, 5) is 26.6. The lowest BCUT2D eigenvalue weighted by atomic mass is 10.1. The average molecular weight is 393 g/mol. The normalized spacial score (nSPS) is 17.4. The maximum absolute atomic E-state index is 12.6. The third-order valence-corrected chi connectivity index (χ3v) is 4.13. The smallest absolute Gasteiger partial charge is 0.319 e. The van der Waals surface area contributed by atoms with Crippen molar-refractivity contribution in [3.8, 4) is 11.9 Å². The molecule has 1 atom stereocenters. The van der Waals surface area contributed by atoms with Gasteiger partial charge in [0, 0.05) is 35.7 Å². The van der Waals surface area contributed by atoms with E-state index in [1.165, 1.54) is 7.11 Å². The second-order valence-corrected chi connectivity index (χ2v) is 6.32. The third-order valence-electron chi connectivity index (χ3n) is 3.70. The predicted molar refractivity (Wildman–Crippen MR) is 90.1 cm³/mol. The molecule has 0 spiro atoms. The van der Waals surface area contributed by atoms with Crippen LogP contribution in [0.2, 0.25) is 0 Å². The average Bonchev–Trinajstić information content (AvgIpc) is 2.61. The number of aromatic nitrogens is 3. The highest BCUT2D eigenvalue weighted by molar-refractivity contribution is 9.10. The number of carbonyl (C=O) groups is 1. The molecule has 1 saturated heterocycles. The maximum Gasteiger partial charge on any atom is 0.319 e. The van der Waals surface area contributed by atoms with E-state index < -0.39 is 0 Å². The molecule has 1 aliphatic heterocycles. The summed E-state index contributed by atoms with van der Waals surface area (Å²) in [6.45, 7) is 1.22. The molecule has 0 saturated carbocycles.